The number of hydrogen-bond acceptors (Lipinski definition) is 4. The molecule has 4 rings (SSSR count). The summed E-state index contributed by atoms with van der Waals surface area (Å²) in [5.41, 5.74) is 0.710. The summed E-state index contributed by atoms with van der Waals surface area (Å²) in [6.45, 7) is 0.444. The first-order valence-electron chi connectivity index (χ1n) is 9.46. The molecule has 11 heteroatoms. The molecule has 0 aliphatic carbocycles. The number of piperidine rings is 1. The van der Waals surface area contributed by atoms with Crippen LogP contribution in [0.3, 0.4) is 0 Å². The average Bonchev–Trinajstić information content (AvgIpc) is 3.08. The summed E-state index contributed by atoms with van der Waals surface area (Å²) in [7, 11) is -1.95. The normalized spacial score (nSPS) is 18.6. The fourth-order valence-electron chi connectivity index (χ4n) is 3.59. The van der Waals surface area contributed by atoms with Crippen molar-refractivity contribution >= 4 is 72.3 Å². The monoisotopic (exact) mass is 517 g/mol. The number of carbonyl (C=O) groups excluding carboxylic acids is 1. The summed E-state index contributed by atoms with van der Waals surface area (Å²) < 4.78 is 29.8. The Balaban J connectivity index is 1.62. The Hall–Kier alpha value is -1.42. The Bertz CT molecular complexity index is 1330. The van der Waals surface area contributed by atoms with Gasteiger partial charge in [-0.2, -0.15) is 9.30 Å². The van der Waals surface area contributed by atoms with Crippen LogP contribution < -0.4 is 4.80 Å². The first-order valence-corrected chi connectivity index (χ1v) is 12.9. The van der Waals surface area contributed by atoms with Gasteiger partial charge in [0.1, 0.15) is 0 Å². The number of carbonyl (C=O) groups is 1. The molecule has 1 aliphatic heterocycles. The number of thiazole rings is 1. The third-order valence-electron chi connectivity index (χ3n) is 5.24. The highest BCUT2D eigenvalue weighted by atomic mass is 35.5. The van der Waals surface area contributed by atoms with Gasteiger partial charge in [-0.15, -0.1) is 0 Å². The fraction of sp³-hybridized carbons (Fsp3) is 0.300. The summed E-state index contributed by atoms with van der Waals surface area (Å²) in [6.07, 6.45) is 1.15. The number of hydrogen-bond donors (Lipinski definition) is 0. The van der Waals surface area contributed by atoms with Crippen molar-refractivity contribution in [1.82, 2.24) is 8.87 Å². The number of benzene rings is 2. The smallest absolute Gasteiger partial charge is 0.252 e. The minimum absolute atomic E-state index is 0.0867. The van der Waals surface area contributed by atoms with E-state index in [1.807, 2.05) is 0 Å². The quantitative estimate of drug-likeness (QED) is 0.503. The summed E-state index contributed by atoms with van der Waals surface area (Å²) in [5.74, 6) is -0.877. The maximum absolute atomic E-state index is 13.0. The van der Waals surface area contributed by atoms with E-state index in [1.54, 1.807) is 23.7 Å². The van der Waals surface area contributed by atoms with E-state index in [-0.39, 0.29) is 17.3 Å². The molecule has 164 valence electrons. The van der Waals surface area contributed by atoms with Crippen LogP contribution in [0.4, 0.5) is 0 Å². The largest absolute Gasteiger partial charge is 0.318 e. The maximum Gasteiger partial charge on any atom is 0.252 e. The van der Waals surface area contributed by atoms with Gasteiger partial charge >= 0.3 is 0 Å². The highest BCUT2D eigenvalue weighted by molar-refractivity contribution is 7.89. The zero-order valence-electron chi connectivity index (χ0n) is 16.4. The van der Waals surface area contributed by atoms with Crippen LogP contribution >= 0.6 is 46.1 Å². The summed E-state index contributed by atoms with van der Waals surface area (Å²) >= 11 is 19.7. The third-order valence-corrected chi connectivity index (χ3v) is 9.27. The fourth-order valence-corrected chi connectivity index (χ4v) is 6.90. The molecule has 6 nitrogen and oxygen atoms in total. The van der Waals surface area contributed by atoms with E-state index >= 15 is 0 Å². The van der Waals surface area contributed by atoms with E-state index < -0.39 is 15.9 Å². The molecule has 31 heavy (non-hydrogen) atoms. The standard InChI is InChI=1S/C20H18Cl3N3O3S2/c1-25-17-15(22)8-9-16(23)18(17)30-20(25)24-19(27)12-3-2-10-26(11-12)31(28,29)14-6-4-13(21)5-7-14/h4-9,12H,2-3,10-11H2,1H3. The van der Waals surface area contributed by atoms with Crippen LogP contribution in [0.2, 0.25) is 15.1 Å². The van der Waals surface area contributed by atoms with Crippen LogP contribution in [-0.2, 0) is 21.9 Å². The highest BCUT2D eigenvalue weighted by Crippen LogP contribution is 2.31. The number of halogens is 3. The van der Waals surface area contributed by atoms with Gasteiger partial charge in [0.15, 0.2) is 4.80 Å². The summed E-state index contributed by atoms with van der Waals surface area (Å²) in [5, 5.41) is 1.51. The lowest BCUT2D eigenvalue weighted by atomic mass is 9.99. The van der Waals surface area contributed by atoms with Crippen LogP contribution in [0.15, 0.2) is 46.3 Å². The Morgan fingerprint density at radius 1 is 1.10 bits per heavy atom. The molecule has 2 heterocycles. The van der Waals surface area contributed by atoms with E-state index in [0.29, 0.717) is 44.8 Å². The van der Waals surface area contributed by atoms with Gasteiger partial charge in [0, 0.05) is 25.2 Å². The highest BCUT2D eigenvalue weighted by Gasteiger charge is 2.33. The van der Waals surface area contributed by atoms with E-state index in [2.05, 4.69) is 4.99 Å². The molecule has 0 bridgehead atoms. The van der Waals surface area contributed by atoms with Crippen molar-refractivity contribution in [3.05, 3.63) is 56.3 Å². The first-order chi connectivity index (χ1) is 14.7. The van der Waals surface area contributed by atoms with Gasteiger partial charge in [-0.1, -0.05) is 46.1 Å². The van der Waals surface area contributed by atoms with E-state index in [0.717, 1.165) is 4.70 Å². The minimum Gasteiger partial charge on any atom is -0.318 e. The van der Waals surface area contributed by atoms with Crippen LogP contribution in [0.5, 0.6) is 0 Å². The molecule has 1 unspecified atom stereocenters. The molecule has 1 aliphatic rings. The molecule has 1 saturated heterocycles. The Morgan fingerprint density at radius 2 is 1.77 bits per heavy atom. The summed E-state index contributed by atoms with van der Waals surface area (Å²) in [6, 6.07) is 9.42. The van der Waals surface area contributed by atoms with Crippen molar-refractivity contribution in [2.75, 3.05) is 13.1 Å². The molecule has 0 radical (unpaired) electrons. The number of aryl methyl sites for hydroxylation is 1. The molecule has 1 aromatic heterocycles. The Labute approximate surface area is 198 Å². The molecule has 1 atom stereocenters. The molecule has 0 N–H and O–H groups in total. The van der Waals surface area contributed by atoms with Crippen molar-refractivity contribution in [3.8, 4) is 0 Å². The second-order valence-electron chi connectivity index (χ2n) is 7.26. The molecular formula is C20H18Cl3N3O3S2. The number of rotatable bonds is 3. The third kappa shape index (κ3) is 4.42. The lowest BCUT2D eigenvalue weighted by molar-refractivity contribution is -0.122. The van der Waals surface area contributed by atoms with Crippen LogP contribution in [0.25, 0.3) is 10.2 Å². The van der Waals surface area contributed by atoms with Gasteiger partial charge in [0.05, 0.1) is 31.1 Å². The predicted octanol–water partition coefficient (Wildman–Crippen LogP) is 4.73. The predicted molar refractivity (Wildman–Crippen MR) is 124 cm³/mol. The number of aromatic nitrogens is 1. The summed E-state index contributed by atoms with van der Waals surface area (Å²) in [4.78, 5) is 17.9. The molecule has 3 aromatic rings. The molecule has 0 saturated carbocycles. The SMILES string of the molecule is Cn1c(=NC(=O)C2CCCN(S(=O)(=O)c3ccc(Cl)cc3)C2)sc2c(Cl)ccc(Cl)c21. The number of sulfonamides is 1. The van der Waals surface area contributed by atoms with Crippen LogP contribution in [-0.4, -0.2) is 36.3 Å². The molecular weight excluding hydrogens is 501 g/mol. The van der Waals surface area contributed by atoms with E-state index in [1.165, 1.54) is 39.9 Å². The Morgan fingerprint density at radius 3 is 2.45 bits per heavy atom. The van der Waals surface area contributed by atoms with Crippen molar-refractivity contribution in [3.63, 3.8) is 0 Å². The average molecular weight is 519 g/mol. The second kappa shape index (κ2) is 8.84. The van der Waals surface area contributed by atoms with Crippen LogP contribution in [0, 0.1) is 5.92 Å². The molecule has 1 fully saturated rings. The first kappa shape index (κ1) is 22.8. The van der Waals surface area contributed by atoms with Gasteiger partial charge < -0.3 is 4.57 Å². The van der Waals surface area contributed by atoms with Gasteiger partial charge in [0.25, 0.3) is 5.91 Å². The van der Waals surface area contributed by atoms with Gasteiger partial charge in [-0.3, -0.25) is 4.79 Å². The lowest BCUT2D eigenvalue weighted by Gasteiger charge is -2.30. The molecule has 1 amide bonds. The van der Waals surface area contributed by atoms with Gasteiger partial charge in [-0.25, -0.2) is 8.42 Å². The topological polar surface area (TPSA) is 71.7 Å². The van der Waals surface area contributed by atoms with Crippen molar-refractivity contribution < 1.29 is 13.2 Å². The second-order valence-corrected chi connectivity index (χ2v) is 11.4. The zero-order chi connectivity index (χ0) is 22.3. The molecule has 2 aromatic carbocycles. The lowest BCUT2D eigenvalue weighted by Crippen LogP contribution is -2.42. The van der Waals surface area contributed by atoms with Crippen molar-refractivity contribution in [2.24, 2.45) is 18.0 Å². The maximum atomic E-state index is 13.0. The number of fused-ring (bicyclic) bond motifs is 1. The minimum atomic E-state index is -3.71. The van der Waals surface area contributed by atoms with Gasteiger partial charge in [0.2, 0.25) is 10.0 Å². The van der Waals surface area contributed by atoms with Crippen molar-refractivity contribution in [2.45, 2.75) is 17.7 Å². The van der Waals surface area contributed by atoms with Crippen LogP contribution in [0.1, 0.15) is 12.8 Å². The van der Waals surface area contributed by atoms with E-state index in [4.69, 9.17) is 34.8 Å². The number of amides is 1. The zero-order valence-corrected chi connectivity index (χ0v) is 20.3. The van der Waals surface area contributed by atoms with Gasteiger partial charge in [-0.05, 0) is 49.2 Å². The molecule has 0 spiro atoms. The van der Waals surface area contributed by atoms with E-state index in [9.17, 15) is 13.2 Å². The van der Waals surface area contributed by atoms with Crippen molar-refractivity contribution in [1.29, 1.82) is 0 Å². The number of nitrogens with zero attached hydrogens (tertiary/aromatic N) is 3. The Kier molecular flexibility index (Phi) is 6.49.